The van der Waals surface area contributed by atoms with Crippen LogP contribution < -0.4 is 0 Å². The number of imidazole rings is 1. The van der Waals surface area contributed by atoms with E-state index in [2.05, 4.69) is 10.2 Å². The number of aromatic nitrogens is 2. The minimum atomic E-state index is -0.774. The molecule has 8 nitrogen and oxygen atoms in total. The molecule has 0 N–H and O–H groups in total. The van der Waals surface area contributed by atoms with Crippen LogP contribution in [0.4, 0.5) is 10.3 Å². The number of rotatable bonds is 6. The Morgan fingerprint density at radius 1 is 1.50 bits per heavy atom. The molecule has 0 amide bonds. The van der Waals surface area contributed by atoms with Crippen molar-refractivity contribution < 1.29 is 9.31 Å². The van der Waals surface area contributed by atoms with Gasteiger partial charge in [0.05, 0.1) is 6.54 Å². The first-order chi connectivity index (χ1) is 9.60. The minimum absolute atomic E-state index is 0.107. The summed E-state index contributed by atoms with van der Waals surface area (Å²) in [5.41, 5.74) is 0. The van der Waals surface area contributed by atoms with Gasteiger partial charge in [0, 0.05) is 19.6 Å². The molecule has 0 saturated carbocycles. The molecule has 9 heteroatoms. The van der Waals surface area contributed by atoms with Crippen molar-refractivity contribution in [3.63, 3.8) is 0 Å². The molecular weight excluding hydrogens is 269 g/mol. The third-order valence-electron chi connectivity index (χ3n) is 3.40. The quantitative estimate of drug-likeness (QED) is 0.447. The average Bonchev–Trinajstić information content (AvgIpc) is 2.88. The molecule has 1 aromatic heterocycles. The highest BCUT2D eigenvalue weighted by molar-refractivity contribution is 5.07. The van der Waals surface area contributed by atoms with Gasteiger partial charge < -0.3 is 15.0 Å². The van der Waals surface area contributed by atoms with E-state index in [4.69, 9.17) is 0 Å². The van der Waals surface area contributed by atoms with Crippen LogP contribution >= 0.6 is 0 Å². The Balaban J connectivity index is 1.93. The molecule has 1 atom stereocenters. The lowest BCUT2D eigenvalue weighted by atomic mass is 10.1. The van der Waals surface area contributed by atoms with Gasteiger partial charge in [-0.1, -0.05) is 10.2 Å². The van der Waals surface area contributed by atoms with Crippen molar-refractivity contribution in [2.75, 3.05) is 19.6 Å². The summed E-state index contributed by atoms with van der Waals surface area (Å²) in [5.74, 6) is -0.305. The fraction of sp³-hybridized carbons (Fsp3) is 0.727. The zero-order valence-electron chi connectivity index (χ0n) is 10.9. The molecule has 2 rings (SSSR count). The first kappa shape index (κ1) is 14.5. The second kappa shape index (κ2) is 6.51. The van der Waals surface area contributed by atoms with Crippen LogP contribution in [0.1, 0.15) is 12.8 Å². The Morgan fingerprint density at radius 2 is 2.20 bits per heavy atom. The van der Waals surface area contributed by atoms with Crippen molar-refractivity contribution in [2.24, 2.45) is 5.18 Å². The first-order valence-electron chi connectivity index (χ1n) is 6.44. The van der Waals surface area contributed by atoms with E-state index in [1.165, 1.54) is 17.0 Å². The molecule has 1 fully saturated rings. The van der Waals surface area contributed by atoms with Gasteiger partial charge in [-0.25, -0.2) is 8.96 Å². The van der Waals surface area contributed by atoms with Crippen LogP contribution in [0.2, 0.25) is 0 Å². The van der Waals surface area contributed by atoms with Crippen LogP contribution in [0.5, 0.6) is 0 Å². The third kappa shape index (κ3) is 3.56. The van der Waals surface area contributed by atoms with Gasteiger partial charge in [0.25, 0.3) is 0 Å². The molecule has 20 heavy (non-hydrogen) atoms. The molecule has 1 saturated heterocycles. The van der Waals surface area contributed by atoms with Gasteiger partial charge in [0.15, 0.2) is 0 Å². The normalized spacial score (nSPS) is 18.9. The lowest BCUT2D eigenvalue weighted by Crippen LogP contribution is -2.40. The maximum absolute atomic E-state index is 13.0. The van der Waals surface area contributed by atoms with E-state index in [1.54, 1.807) is 0 Å². The SMILES string of the molecule is O=NC(CN1CCC(F)CC1)Cn1ccnc1[N+](=O)[O-]. The van der Waals surface area contributed by atoms with Crippen LogP contribution in [0.3, 0.4) is 0 Å². The fourth-order valence-electron chi connectivity index (χ4n) is 2.35. The molecule has 1 aliphatic heterocycles. The maximum atomic E-state index is 13.0. The lowest BCUT2D eigenvalue weighted by molar-refractivity contribution is -0.396. The standard InChI is InChI=1S/C11H16FN5O3/c12-9-1-4-15(5-2-9)7-10(14-18)8-16-6-3-13-11(16)17(19)20/h3,6,9-10H,1-2,4-5,7-8H2. The van der Waals surface area contributed by atoms with Crippen molar-refractivity contribution in [1.82, 2.24) is 14.5 Å². The van der Waals surface area contributed by atoms with Gasteiger partial charge in [-0.2, -0.15) is 4.91 Å². The van der Waals surface area contributed by atoms with Gasteiger partial charge in [-0.3, -0.25) is 0 Å². The van der Waals surface area contributed by atoms with E-state index in [0.29, 0.717) is 32.5 Å². The summed E-state index contributed by atoms with van der Waals surface area (Å²) in [5, 5.41) is 13.8. The molecule has 0 aromatic carbocycles. The number of nitro groups is 1. The molecule has 0 aliphatic carbocycles. The second-order valence-corrected chi connectivity index (χ2v) is 4.87. The van der Waals surface area contributed by atoms with Crippen molar-refractivity contribution in [3.8, 4) is 0 Å². The number of nitroso groups, excluding NO2 is 1. The number of nitrogens with zero attached hydrogens (tertiary/aromatic N) is 5. The molecular formula is C11H16FN5O3. The number of hydrogen-bond acceptors (Lipinski definition) is 6. The van der Waals surface area contributed by atoms with Crippen LogP contribution in [-0.4, -0.2) is 51.2 Å². The molecule has 0 radical (unpaired) electrons. The Hall–Kier alpha value is -1.90. The van der Waals surface area contributed by atoms with Gasteiger partial charge in [-0.05, 0) is 17.8 Å². The van der Waals surface area contributed by atoms with Crippen molar-refractivity contribution in [1.29, 1.82) is 0 Å². The van der Waals surface area contributed by atoms with E-state index in [9.17, 15) is 19.4 Å². The number of likely N-dealkylation sites (tertiary alicyclic amines) is 1. The predicted molar refractivity (Wildman–Crippen MR) is 69.0 cm³/mol. The molecule has 0 bridgehead atoms. The van der Waals surface area contributed by atoms with Gasteiger partial charge in [-0.15, -0.1) is 0 Å². The summed E-state index contributed by atoms with van der Waals surface area (Å²) in [6, 6.07) is -0.612. The van der Waals surface area contributed by atoms with E-state index in [0.717, 1.165) is 0 Å². The van der Waals surface area contributed by atoms with Crippen LogP contribution in [0, 0.1) is 15.0 Å². The molecule has 2 heterocycles. The minimum Gasteiger partial charge on any atom is -0.390 e. The number of halogens is 1. The summed E-state index contributed by atoms with van der Waals surface area (Å²) in [7, 11) is 0. The first-order valence-corrected chi connectivity index (χ1v) is 6.44. The smallest absolute Gasteiger partial charge is 0.390 e. The van der Waals surface area contributed by atoms with Crippen molar-refractivity contribution in [2.45, 2.75) is 31.6 Å². The molecule has 1 aliphatic rings. The highest BCUT2D eigenvalue weighted by atomic mass is 19.1. The van der Waals surface area contributed by atoms with Gasteiger partial charge in [0.2, 0.25) is 0 Å². The molecule has 1 aromatic rings. The zero-order valence-corrected chi connectivity index (χ0v) is 10.9. The van der Waals surface area contributed by atoms with E-state index in [1.807, 2.05) is 4.90 Å². The number of hydrogen-bond donors (Lipinski definition) is 0. The summed E-state index contributed by atoms with van der Waals surface area (Å²) >= 11 is 0. The fourth-order valence-corrected chi connectivity index (χ4v) is 2.35. The Kier molecular flexibility index (Phi) is 4.72. The monoisotopic (exact) mass is 285 g/mol. The Morgan fingerprint density at radius 3 is 2.80 bits per heavy atom. The highest BCUT2D eigenvalue weighted by Gasteiger charge is 2.24. The largest absolute Gasteiger partial charge is 0.434 e. The highest BCUT2D eigenvalue weighted by Crippen LogP contribution is 2.15. The third-order valence-corrected chi connectivity index (χ3v) is 3.40. The maximum Gasteiger partial charge on any atom is 0.434 e. The van der Waals surface area contributed by atoms with Crippen molar-refractivity contribution >= 4 is 5.95 Å². The summed E-state index contributed by atoms with van der Waals surface area (Å²) < 4.78 is 14.3. The lowest BCUT2D eigenvalue weighted by Gasteiger charge is -2.29. The van der Waals surface area contributed by atoms with Crippen LogP contribution in [-0.2, 0) is 6.54 Å². The summed E-state index contributed by atoms with van der Waals surface area (Å²) in [6.07, 6.45) is 2.90. The second-order valence-electron chi connectivity index (χ2n) is 4.87. The molecule has 110 valence electrons. The topological polar surface area (TPSA) is 93.6 Å². The Labute approximate surface area is 114 Å². The molecule has 0 spiro atoms. The van der Waals surface area contributed by atoms with Gasteiger partial charge in [0.1, 0.15) is 24.6 Å². The predicted octanol–water partition coefficient (Wildman–Crippen LogP) is 1.36. The molecule has 1 unspecified atom stereocenters. The van der Waals surface area contributed by atoms with E-state index in [-0.39, 0.29) is 12.5 Å². The van der Waals surface area contributed by atoms with E-state index < -0.39 is 17.1 Å². The summed E-state index contributed by atoms with van der Waals surface area (Å²) in [6.45, 7) is 1.65. The zero-order chi connectivity index (χ0) is 14.5. The number of piperidine rings is 1. The van der Waals surface area contributed by atoms with Crippen molar-refractivity contribution in [3.05, 3.63) is 27.4 Å². The van der Waals surface area contributed by atoms with E-state index >= 15 is 0 Å². The van der Waals surface area contributed by atoms with Crippen LogP contribution in [0.15, 0.2) is 17.6 Å². The van der Waals surface area contributed by atoms with Gasteiger partial charge >= 0.3 is 5.95 Å². The number of alkyl halides is 1. The Bertz CT molecular complexity index is 472. The average molecular weight is 285 g/mol. The van der Waals surface area contributed by atoms with Crippen LogP contribution in [0.25, 0.3) is 0 Å². The summed E-state index contributed by atoms with van der Waals surface area (Å²) in [4.78, 5) is 26.6.